The Hall–Kier alpha value is -1.84. The lowest BCUT2D eigenvalue weighted by molar-refractivity contribution is 0.720. The molecular formula is C11H12N4. The highest BCUT2D eigenvalue weighted by Crippen LogP contribution is 2.27. The number of benzene rings is 1. The maximum absolute atomic E-state index is 3.93. The Morgan fingerprint density at radius 3 is 3.13 bits per heavy atom. The van der Waals surface area contributed by atoms with E-state index in [0.717, 1.165) is 24.2 Å². The number of rotatable bonds is 1. The van der Waals surface area contributed by atoms with Crippen LogP contribution in [-0.2, 0) is 13.5 Å². The summed E-state index contributed by atoms with van der Waals surface area (Å²) >= 11 is 0. The van der Waals surface area contributed by atoms with Crippen molar-refractivity contribution in [3.05, 3.63) is 30.0 Å². The zero-order valence-electron chi connectivity index (χ0n) is 8.57. The number of aromatic nitrogens is 3. The molecule has 1 N–H and O–H groups in total. The van der Waals surface area contributed by atoms with Crippen molar-refractivity contribution < 1.29 is 0 Å². The van der Waals surface area contributed by atoms with E-state index >= 15 is 0 Å². The molecule has 76 valence electrons. The van der Waals surface area contributed by atoms with Crippen LogP contribution in [0.25, 0.3) is 11.3 Å². The van der Waals surface area contributed by atoms with Crippen LogP contribution in [0.15, 0.2) is 24.4 Å². The third kappa shape index (κ3) is 1.29. The van der Waals surface area contributed by atoms with Gasteiger partial charge in [-0.25, -0.2) is 4.68 Å². The fraction of sp³-hybridized carbons (Fsp3) is 0.273. The highest BCUT2D eigenvalue weighted by atomic mass is 15.4. The number of nitrogens with zero attached hydrogens (tertiary/aromatic N) is 3. The summed E-state index contributed by atoms with van der Waals surface area (Å²) in [6, 6.07) is 6.48. The molecule has 2 aromatic rings. The smallest absolute Gasteiger partial charge is 0.0882 e. The first-order valence-corrected chi connectivity index (χ1v) is 5.06. The standard InChI is InChI=1S/C11H12N4/c1-15-11(7-13-14-15)9-3-2-8-4-5-12-10(8)6-9/h2-3,6-7,12H,4-5H2,1H3. The molecule has 0 saturated carbocycles. The lowest BCUT2D eigenvalue weighted by Gasteiger charge is -2.04. The van der Waals surface area contributed by atoms with Gasteiger partial charge in [0.05, 0.1) is 11.9 Å². The number of anilines is 1. The van der Waals surface area contributed by atoms with Crippen molar-refractivity contribution in [1.82, 2.24) is 15.0 Å². The zero-order valence-corrected chi connectivity index (χ0v) is 8.57. The van der Waals surface area contributed by atoms with Crippen LogP contribution in [0.4, 0.5) is 5.69 Å². The zero-order chi connectivity index (χ0) is 10.3. The normalized spacial score (nSPS) is 13.7. The Labute approximate surface area is 87.9 Å². The summed E-state index contributed by atoms with van der Waals surface area (Å²) in [6.45, 7) is 1.04. The molecule has 1 aromatic carbocycles. The molecule has 2 heterocycles. The van der Waals surface area contributed by atoms with Crippen LogP contribution in [0.2, 0.25) is 0 Å². The molecule has 1 aromatic heterocycles. The fourth-order valence-corrected chi connectivity index (χ4v) is 2.00. The van der Waals surface area contributed by atoms with Crippen LogP contribution in [0.1, 0.15) is 5.56 Å². The van der Waals surface area contributed by atoms with Gasteiger partial charge >= 0.3 is 0 Å². The van der Waals surface area contributed by atoms with Crippen molar-refractivity contribution in [2.45, 2.75) is 6.42 Å². The lowest BCUT2D eigenvalue weighted by Crippen LogP contribution is -1.94. The molecule has 4 nitrogen and oxygen atoms in total. The van der Waals surface area contributed by atoms with Gasteiger partial charge in [0.2, 0.25) is 0 Å². The number of aryl methyl sites for hydroxylation is 1. The first kappa shape index (κ1) is 8.47. The first-order chi connectivity index (χ1) is 7.34. The second-order valence-electron chi connectivity index (χ2n) is 3.79. The van der Waals surface area contributed by atoms with Gasteiger partial charge in [0.15, 0.2) is 0 Å². The number of nitrogens with one attached hydrogen (secondary N) is 1. The molecule has 0 aliphatic carbocycles. The molecule has 0 saturated heterocycles. The monoisotopic (exact) mass is 200 g/mol. The van der Waals surface area contributed by atoms with Gasteiger partial charge in [-0.15, -0.1) is 5.10 Å². The SMILES string of the molecule is Cn1nncc1-c1ccc2c(c1)NCC2. The van der Waals surface area contributed by atoms with E-state index in [-0.39, 0.29) is 0 Å². The molecule has 4 heteroatoms. The average Bonchev–Trinajstić information content (AvgIpc) is 2.84. The Morgan fingerprint density at radius 1 is 1.40 bits per heavy atom. The molecule has 0 amide bonds. The van der Waals surface area contributed by atoms with Crippen LogP contribution in [0.3, 0.4) is 0 Å². The van der Waals surface area contributed by atoms with Gasteiger partial charge in [-0.05, 0) is 18.1 Å². The highest BCUT2D eigenvalue weighted by Gasteiger charge is 2.11. The van der Waals surface area contributed by atoms with E-state index in [1.165, 1.54) is 11.3 Å². The van der Waals surface area contributed by atoms with Gasteiger partial charge in [0.25, 0.3) is 0 Å². The molecule has 0 unspecified atom stereocenters. The van der Waals surface area contributed by atoms with Gasteiger partial charge in [-0.3, -0.25) is 0 Å². The van der Waals surface area contributed by atoms with Crippen LogP contribution in [0, 0.1) is 0 Å². The predicted molar refractivity (Wildman–Crippen MR) is 58.6 cm³/mol. The summed E-state index contributed by atoms with van der Waals surface area (Å²) in [5.41, 5.74) is 4.85. The fourth-order valence-electron chi connectivity index (χ4n) is 2.00. The quantitative estimate of drug-likeness (QED) is 0.757. The van der Waals surface area contributed by atoms with Crippen LogP contribution >= 0.6 is 0 Å². The van der Waals surface area contributed by atoms with Crippen LogP contribution in [-0.4, -0.2) is 21.5 Å². The van der Waals surface area contributed by atoms with Gasteiger partial charge in [-0.1, -0.05) is 17.3 Å². The van der Waals surface area contributed by atoms with Gasteiger partial charge in [0.1, 0.15) is 0 Å². The number of fused-ring (bicyclic) bond motifs is 1. The van der Waals surface area contributed by atoms with Crippen molar-refractivity contribution in [2.75, 3.05) is 11.9 Å². The van der Waals surface area contributed by atoms with Crippen molar-refractivity contribution in [2.24, 2.45) is 7.05 Å². The molecule has 0 atom stereocenters. The van der Waals surface area contributed by atoms with Crippen molar-refractivity contribution in [3.8, 4) is 11.3 Å². The minimum atomic E-state index is 1.04. The second-order valence-corrected chi connectivity index (χ2v) is 3.79. The van der Waals surface area contributed by atoms with Gasteiger partial charge < -0.3 is 5.32 Å². The van der Waals surface area contributed by atoms with Gasteiger partial charge in [0, 0.05) is 24.8 Å². The van der Waals surface area contributed by atoms with Crippen LogP contribution in [0.5, 0.6) is 0 Å². The molecule has 1 aliphatic rings. The number of hydrogen-bond donors (Lipinski definition) is 1. The summed E-state index contributed by atoms with van der Waals surface area (Å²) in [5.74, 6) is 0. The Bertz CT molecular complexity index is 501. The summed E-state index contributed by atoms with van der Waals surface area (Å²) in [6.07, 6.45) is 2.91. The predicted octanol–water partition coefficient (Wildman–Crippen LogP) is 1.45. The molecule has 15 heavy (non-hydrogen) atoms. The summed E-state index contributed by atoms with van der Waals surface area (Å²) in [7, 11) is 1.91. The minimum absolute atomic E-state index is 1.04. The Kier molecular flexibility index (Phi) is 1.74. The molecule has 0 bridgehead atoms. The molecule has 0 fully saturated rings. The van der Waals surface area contributed by atoms with E-state index in [4.69, 9.17) is 0 Å². The maximum atomic E-state index is 3.93. The van der Waals surface area contributed by atoms with Crippen LogP contribution < -0.4 is 5.32 Å². The highest BCUT2D eigenvalue weighted by molar-refractivity contribution is 5.68. The topological polar surface area (TPSA) is 42.7 Å². The minimum Gasteiger partial charge on any atom is -0.384 e. The van der Waals surface area contributed by atoms with E-state index in [1.54, 1.807) is 10.9 Å². The largest absolute Gasteiger partial charge is 0.384 e. The van der Waals surface area contributed by atoms with E-state index in [2.05, 4.69) is 33.8 Å². The first-order valence-electron chi connectivity index (χ1n) is 5.06. The third-order valence-electron chi connectivity index (χ3n) is 2.83. The van der Waals surface area contributed by atoms with Crippen molar-refractivity contribution in [3.63, 3.8) is 0 Å². The Morgan fingerprint density at radius 2 is 2.33 bits per heavy atom. The molecule has 1 aliphatic heterocycles. The molecule has 0 spiro atoms. The second kappa shape index (κ2) is 3.08. The lowest BCUT2D eigenvalue weighted by atomic mass is 10.1. The maximum Gasteiger partial charge on any atom is 0.0882 e. The number of hydrogen-bond acceptors (Lipinski definition) is 3. The Balaban J connectivity index is 2.11. The van der Waals surface area contributed by atoms with Gasteiger partial charge in [-0.2, -0.15) is 0 Å². The summed E-state index contributed by atoms with van der Waals surface area (Å²) in [5, 5.41) is 11.2. The van der Waals surface area contributed by atoms with E-state index in [1.807, 2.05) is 7.05 Å². The van der Waals surface area contributed by atoms with E-state index in [0.29, 0.717) is 0 Å². The summed E-state index contributed by atoms with van der Waals surface area (Å²) in [4.78, 5) is 0. The molecule has 0 radical (unpaired) electrons. The van der Waals surface area contributed by atoms with Crippen molar-refractivity contribution in [1.29, 1.82) is 0 Å². The summed E-state index contributed by atoms with van der Waals surface area (Å²) < 4.78 is 1.79. The van der Waals surface area contributed by atoms with E-state index < -0.39 is 0 Å². The molecular weight excluding hydrogens is 188 g/mol. The molecule has 3 rings (SSSR count). The third-order valence-corrected chi connectivity index (χ3v) is 2.83. The average molecular weight is 200 g/mol. The van der Waals surface area contributed by atoms with Crippen molar-refractivity contribution >= 4 is 5.69 Å². The van der Waals surface area contributed by atoms with E-state index in [9.17, 15) is 0 Å².